The Balaban J connectivity index is 0.00000243. The molecule has 5 heteroatoms. The summed E-state index contributed by atoms with van der Waals surface area (Å²) >= 11 is 0. The Kier molecular flexibility index (Phi) is 7.33. The van der Waals surface area contributed by atoms with Crippen LogP contribution >= 0.6 is 12.4 Å². The summed E-state index contributed by atoms with van der Waals surface area (Å²) in [5, 5.41) is 20.8. The first kappa shape index (κ1) is 20.6. The van der Waals surface area contributed by atoms with E-state index in [9.17, 15) is 10.2 Å². The van der Waals surface area contributed by atoms with E-state index in [0.717, 1.165) is 25.1 Å². The molecule has 0 aromatic heterocycles. The molecule has 142 valence electrons. The van der Waals surface area contributed by atoms with Crippen LogP contribution < -0.4 is 4.74 Å². The first-order valence-electron chi connectivity index (χ1n) is 9.03. The number of aliphatic hydroxyl groups is 1. The Morgan fingerprint density at radius 2 is 1.81 bits per heavy atom. The number of benzene rings is 2. The van der Waals surface area contributed by atoms with Crippen LogP contribution in [0.2, 0.25) is 0 Å². The van der Waals surface area contributed by atoms with Crippen molar-refractivity contribution in [1.82, 2.24) is 4.90 Å². The quantitative estimate of drug-likeness (QED) is 0.806. The van der Waals surface area contributed by atoms with Gasteiger partial charge in [-0.1, -0.05) is 37.3 Å². The SMILES string of the molecule is CCCN1CCC(O)(Cc2ccccc2)C(Oc2ccc(O)cc2)C1.Cl. The van der Waals surface area contributed by atoms with Crippen molar-refractivity contribution in [2.45, 2.75) is 37.9 Å². The molecule has 3 rings (SSSR count). The molecule has 0 spiro atoms. The minimum Gasteiger partial charge on any atom is -0.508 e. The topological polar surface area (TPSA) is 52.9 Å². The maximum absolute atomic E-state index is 11.4. The van der Waals surface area contributed by atoms with E-state index in [2.05, 4.69) is 11.8 Å². The number of hydrogen-bond acceptors (Lipinski definition) is 4. The highest BCUT2D eigenvalue weighted by Gasteiger charge is 2.43. The summed E-state index contributed by atoms with van der Waals surface area (Å²) in [6.45, 7) is 4.77. The van der Waals surface area contributed by atoms with Crippen molar-refractivity contribution in [2.24, 2.45) is 0 Å². The summed E-state index contributed by atoms with van der Waals surface area (Å²) in [7, 11) is 0. The molecule has 26 heavy (non-hydrogen) atoms. The summed E-state index contributed by atoms with van der Waals surface area (Å²) in [5.74, 6) is 0.885. The van der Waals surface area contributed by atoms with Crippen molar-refractivity contribution < 1.29 is 14.9 Å². The molecule has 0 bridgehead atoms. The van der Waals surface area contributed by atoms with Gasteiger partial charge in [0.25, 0.3) is 0 Å². The number of nitrogens with zero attached hydrogens (tertiary/aromatic N) is 1. The Morgan fingerprint density at radius 1 is 1.12 bits per heavy atom. The van der Waals surface area contributed by atoms with Gasteiger partial charge in [0.15, 0.2) is 0 Å². The van der Waals surface area contributed by atoms with Gasteiger partial charge in [-0.05, 0) is 49.2 Å². The van der Waals surface area contributed by atoms with Gasteiger partial charge in [0, 0.05) is 19.5 Å². The second kappa shape index (κ2) is 9.26. The van der Waals surface area contributed by atoms with Crippen LogP contribution in [-0.2, 0) is 6.42 Å². The normalized spacial score (nSPS) is 23.2. The van der Waals surface area contributed by atoms with Crippen LogP contribution in [-0.4, -0.2) is 46.5 Å². The molecule has 2 aromatic carbocycles. The number of rotatable bonds is 6. The van der Waals surface area contributed by atoms with Gasteiger partial charge >= 0.3 is 0 Å². The number of likely N-dealkylation sites (tertiary alicyclic amines) is 1. The summed E-state index contributed by atoms with van der Waals surface area (Å²) in [5.41, 5.74) is 0.219. The highest BCUT2D eigenvalue weighted by molar-refractivity contribution is 5.85. The van der Waals surface area contributed by atoms with E-state index >= 15 is 0 Å². The first-order chi connectivity index (χ1) is 12.1. The molecular weight excluding hydrogens is 350 g/mol. The fraction of sp³-hybridized carbons (Fsp3) is 0.429. The molecular formula is C21H28ClNO3. The van der Waals surface area contributed by atoms with Gasteiger partial charge in [-0.2, -0.15) is 0 Å². The molecule has 1 aliphatic rings. The van der Waals surface area contributed by atoms with E-state index in [1.165, 1.54) is 0 Å². The first-order valence-corrected chi connectivity index (χ1v) is 9.03. The van der Waals surface area contributed by atoms with Gasteiger partial charge < -0.3 is 14.9 Å². The van der Waals surface area contributed by atoms with Crippen molar-refractivity contribution in [1.29, 1.82) is 0 Å². The highest BCUT2D eigenvalue weighted by atomic mass is 35.5. The lowest BCUT2D eigenvalue weighted by Gasteiger charge is -2.44. The van der Waals surface area contributed by atoms with Crippen LogP contribution in [0.15, 0.2) is 54.6 Å². The summed E-state index contributed by atoms with van der Waals surface area (Å²) in [6, 6.07) is 16.8. The molecule has 0 aliphatic carbocycles. The minimum absolute atomic E-state index is 0. The number of aromatic hydroxyl groups is 1. The molecule has 2 atom stereocenters. The largest absolute Gasteiger partial charge is 0.508 e. The smallest absolute Gasteiger partial charge is 0.140 e. The van der Waals surface area contributed by atoms with Crippen LogP contribution in [0, 0.1) is 0 Å². The molecule has 4 nitrogen and oxygen atoms in total. The number of piperidine rings is 1. The van der Waals surface area contributed by atoms with Gasteiger partial charge in [-0.3, -0.25) is 4.90 Å². The van der Waals surface area contributed by atoms with Gasteiger partial charge in [-0.25, -0.2) is 0 Å². The number of phenols is 1. The van der Waals surface area contributed by atoms with Crippen LogP contribution in [0.5, 0.6) is 11.5 Å². The monoisotopic (exact) mass is 377 g/mol. The Labute approximate surface area is 161 Å². The third kappa shape index (κ3) is 5.13. The predicted molar refractivity (Wildman–Crippen MR) is 106 cm³/mol. The Morgan fingerprint density at radius 3 is 2.46 bits per heavy atom. The zero-order chi connectivity index (χ0) is 17.7. The van der Waals surface area contributed by atoms with Crippen LogP contribution in [0.4, 0.5) is 0 Å². The van der Waals surface area contributed by atoms with Crippen LogP contribution in [0.1, 0.15) is 25.3 Å². The van der Waals surface area contributed by atoms with Crippen LogP contribution in [0.3, 0.4) is 0 Å². The zero-order valence-corrected chi connectivity index (χ0v) is 16.0. The lowest BCUT2D eigenvalue weighted by atomic mass is 9.82. The lowest BCUT2D eigenvalue weighted by Crippen LogP contribution is -2.59. The van der Waals surface area contributed by atoms with E-state index in [4.69, 9.17) is 4.74 Å². The van der Waals surface area contributed by atoms with Crippen molar-refractivity contribution >= 4 is 12.4 Å². The second-order valence-electron chi connectivity index (χ2n) is 6.92. The fourth-order valence-corrected chi connectivity index (χ4v) is 3.52. The summed E-state index contributed by atoms with van der Waals surface area (Å²) in [4.78, 5) is 2.35. The van der Waals surface area contributed by atoms with E-state index in [1.807, 2.05) is 30.3 Å². The van der Waals surface area contributed by atoms with Crippen molar-refractivity contribution in [3.63, 3.8) is 0 Å². The van der Waals surface area contributed by atoms with Gasteiger partial charge in [0.05, 0.1) is 0 Å². The zero-order valence-electron chi connectivity index (χ0n) is 15.2. The minimum atomic E-state index is -0.899. The van der Waals surface area contributed by atoms with Gasteiger partial charge in [0.1, 0.15) is 23.2 Å². The summed E-state index contributed by atoms with van der Waals surface area (Å²) < 4.78 is 6.17. The van der Waals surface area contributed by atoms with E-state index < -0.39 is 5.60 Å². The van der Waals surface area contributed by atoms with Crippen molar-refractivity contribution in [2.75, 3.05) is 19.6 Å². The average molecular weight is 378 g/mol. The van der Waals surface area contributed by atoms with Crippen LogP contribution in [0.25, 0.3) is 0 Å². The van der Waals surface area contributed by atoms with E-state index in [0.29, 0.717) is 25.1 Å². The van der Waals surface area contributed by atoms with Gasteiger partial charge in [-0.15, -0.1) is 12.4 Å². The predicted octanol–water partition coefficient (Wildman–Crippen LogP) is 3.65. The van der Waals surface area contributed by atoms with E-state index in [1.54, 1.807) is 24.3 Å². The molecule has 0 radical (unpaired) electrons. The van der Waals surface area contributed by atoms with Crippen molar-refractivity contribution in [3.8, 4) is 11.5 Å². The number of halogens is 1. The lowest BCUT2D eigenvalue weighted by molar-refractivity contribution is -0.106. The molecule has 1 saturated heterocycles. The molecule has 2 aromatic rings. The molecule has 1 fully saturated rings. The summed E-state index contributed by atoms with van der Waals surface area (Å²) in [6.07, 6.45) is 2.04. The molecule has 1 aliphatic heterocycles. The second-order valence-corrected chi connectivity index (χ2v) is 6.92. The van der Waals surface area contributed by atoms with Gasteiger partial charge in [0.2, 0.25) is 0 Å². The standard InChI is InChI=1S/C21H27NO3.ClH/c1-2-13-22-14-12-21(24,15-17-6-4-3-5-7-17)20(16-22)25-19-10-8-18(23)9-11-19;/h3-11,20,23-24H,2,12-16H2,1H3;1H. The third-order valence-corrected chi connectivity index (χ3v) is 4.89. The fourth-order valence-electron chi connectivity index (χ4n) is 3.52. The Bertz CT molecular complexity index is 665. The maximum Gasteiger partial charge on any atom is 0.140 e. The molecule has 0 amide bonds. The Hall–Kier alpha value is -1.75. The molecule has 1 heterocycles. The van der Waals surface area contributed by atoms with E-state index in [-0.39, 0.29) is 24.3 Å². The maximum atomic E-state index is 11.4. The number of phenolic OH excluding ortho intramolecular Hbond substituents is 1. The molecule has 2 N–H and O–H groups in total. The highest BCUT2D eigenvalue weighted by Crippen LogP contribution is 2.31. The molecule has 2 unspecified atom stereocenters. The average Bonchev–Trinajstić information content (AvgIpc) is 2.61. The number of ether oxygens (including phenoxy) is 1. The third-order valence-electron chi connectivity index (χ3n) is 4.89. The van der Waals surface area contributed by atoms with Crippen molar-refractivity contribution in [3.05, 3.63) is 60.2 Å². The molecule has 0 saturated carbocycles. The number of hydrogen-bond donors (Lipinski definition) is 2.